The van der Waals surface area contributed by atoms with Crippen molar-refractivity contribution < 1.29 is 14.3 Å². The van der Waals surface area contributed by atoms with Gasteiger partial charge in [-0.2, -0.15) is 5.26 Å². The number of nitrogens with zero attached hydrogens (tertiary/aromatic N) is 5. The topological polar surface area (TPSA) is 111 Å². The predicted molar refractivity (Wildman–Crippen MR) is 142 cm³/mol. The highest BCUT2D eigenvalue weighted by molar-refractivity contribution is 6.06. The van der Waals surface area contributed by atoms with E-state index in [1.165, 1.54) is 6.33 Å². The fraction of sp³-hybridized carbons (Fsp3) is 0.370. The number of carbonyl (C=O) groups excluding carboxylic acids is 2. The van der Waals surface area contributed by atoms with Gasteiger partial charge in [-0.25, -0.2) is 9.97 Å². The molecule has 0 aliphatic carbocycles. The van der Waals surface area contributed by atoms with Crippen LogP contribution in [0.5, 0.6) is 5.75 Å². The number of nitrogens with one attached hydrogen (secondary N) is 1. The van der Waals surface area contributed by atoms with Crippen molar-refractivity contribution in [3.63, 3.8) is 0 Å². The van der Waals surface area contributed by atoms with E-state index in [0.29, 0.717) is 41.2 Å². The number of aromatic nitrogens is 2. The van der Waals surface area contributed by atoms with E-state index in [0.717, 1.165) is 50.1 Å². The third kappa shape index (κ3) is 5.50. The Balaban J connectivity index is 0.00000320. The van der Waals surface area contributed by atoms with Crippen molar-refractivity contribution in [3.8, 4) is 11.8 Å². The van der Waals surface area contributed by atoms with E-state index in [1.54, 1.807) is 18.2 Å². The number of ether oxygens (including phenoxy) is 1. The average Bonchev–Trinajstić information content (AvgIpc) is 3.23. The van der Waals surface area contributed by atoms with E-state index in [2.05, 4.69) is 26.3 Å². The summed E-state index contributed by atoms with van der Waals surface area (Å²) in [4.78, 5) is 38.0. The minimum absolute atomic E-state index is 0. The molecule has 192 valence electrons. The molecule has 3 aromatic rings. The minimum Gasteiger partial charge on any atom is -0.492 e. The lowest BCUT2D eigenvalue weighted by molar-refractivity contribution is -0.133. The van der Waals surface area contributed by atoms with Gasteiger partial charge in [0.15, 0.2) is 0 Å². The van der Waals surface area contributed by atoms with Crippen molar-refractivity contribution in [2.45, 2.75) is 25.7 Å². The van der Waals surface area contributed by atoms with Gasteiger partial charge in [-0.15, -0.1) is 12.4 Å². The first-order valence-corrected chi connectivity index (χ1v) is 12.3. The predicted octanol–water partition coefficient (Wildman–Crippen LogP) is 3.33. The first-order valence-electron chi connectivity index (χ1n) is 12.3. The number of hydrogen-bond donors (Lipinski definition) is 1. The molecule has 1 N–H and O–H groups in total. The van der Waals surface area contributed by atoms with E-state index >= 15 is 0 Å². The zero-order chi connectivity index (χ0) is 25.1. The molecule has 2 aromatic carbocycles. The van der Waals surface area contributed by atoms with Crippen LogP contribution in [0.2, 0.25) is 0 Å². The molecule has 10 heteroatoms. The zero-order valence-electron chi connectivity index (χ0n) is 20.6. The lowest BCUT2D eigenvalue weighted by atomic mass is 9.93. The van der Waals surface area contributed by atoms with Crippen LogP contribution < -0.4 is 10.1 Å². The Morgan fingerprint density at radius 1 is 1.16 bits per heavy atom. The maximum absolute atomic E-state index is 12.8. The van der Waals surface area contributed by atoms with Gasteiger partial charge in [0, 0.05) is 56.3 Å². The number of rotatable bonds is 7. The Kier molecular flexibility index (Phi) is 8.21. The summed E-state index contributed by atoms with van der Waals surface area (Å²) >= 11 is 0. The maximum Gasteiger partial charge on any atom is 0.238 e. The van der Waals surface area contributed by atoms with Crippen LogP contribution in [0.15, 0.2) is 42.7 Å². The second-order valence-electron chi connectivity index (χ2n) is 9.09. The molecular formula is C27H29ClN6O3. The molecule has 3 heterocycles. The number of nitriles is 1. The number of amides is 2. The Labute approximate surface area is 221 Å². The minimum atomic E-state index is -0.603. The fourth-order valence-corrected chi connectivity index (χ4v) is 4.87. The molecule has 1 saturated heterocycles. The Morgan fingerprint density at radius 3 is 2.73 bits per heavy atom. The van der Waals surface area contributed by atoms with Gasteiger partial charge >= 0.3 is 0 Å². The first kappa shape index (κ1) is 26.3. The van der Waals surface area contributed by atoms with Crippen LogP contribution in [-0.2, 0) is 9.59 Å². The van der Waals surface area contributed by atoms with Crippen LogP contribution in [0.3, 0.4) is 0 Å². The summed E-state index contributed by atoms with van der Waals surface area (Å²) < 4.78 is 6.00. The van der Waals surface area contributed by atoms with Crippen LogP contribution in [0.4, 0.5) is 5.69 Å². The molecule has 0 radical (unpaired) electrons. The van der Waals surface area contributed by atoms with Crippen LogP contribution in [-0.4, -0.2) is 70.9 Å². The van der Waals surface area contributed by atoms with Crippen molar-refractivity contribution in [2.75, 3.05) is 44.6 Å². The number of anilines is 1. The summed E-state index contributed by atoms with van der Waals surface area (Å²) in [7, 11) is 0. The number of fused-ring (bicyclic) bond motifs is 2. The van der Waals surface area contributed by atoms with Gasteiger partial charge in [0.05, 0.1) is 22.8 Å². The fourth-order valence-electron chi connectivity index (χ4n) is 4.87. The second kappa shape index (κ2) is 11.5. The molecule has 2 aliphatic rings. The quantitative estimate of drug-likeness (QED) is 0.508. The number of benzene rings is 2. The smallest absolute Gasteiger partial charge is 0.238 e. The summed E-state index contributed by atoms with van der Waals surface area (Å²) in [6.45, 7) is 6.58. The molecule has 37 heavy (non-hydrogen) atoms. The van der Waals surface area contributed by atoms with Crippen molar-refractivity contribution >= 4 is 40.8 Å². The molecule has 1 atom stereocenters. The third-order valence-corrected chi connectivity index (χ3v) is 6.79. The standard InChI is InChI=1S/C27H28N6O3.ClH/c1-2-3-24(34)33-10-8-32(9-11-33)12-13-36-19-5-6-20-23(15-19)29-17-30-26(20)25-21-14-18(16-28)4-7-22(21)31-27(25)35;/h4-7,14-15,17,25H,2-3,8-13H2,1H3,(H,31,35);1H. The molecule has 5 rings (SSSR count). The summed E-state index contributed by atoms with van der Waals surface area (Å²) in [5.41, 5.74) is 3.24. The summed E-state index contributed by atoms with van der Waals surface area (Å²) in [6, 6.07) is 12.9. The van der Waals surface area contributed by atoms with Gasteiger partial charge in [-0.1, -0.05) is 6.92 Å². The molecule has 1 fully saturated rings. The number of hydrogen-bond acceptors (Lipinski definition) is 7. The lowest BCUT2D eigenvalue weighted by Gasteiger charge is -2.34. The summed E-state index contributed by atoms with van der Waals surface area (Å²) in [6.07, 6.45) is 2.96. The van der Waals surface area contributed by atoms with E-state index < -0.39 is 5.92 Å². The molecule has 9 nitrogen and oxygen atoms in total. The van der Waals surface area contributed by atoms with Gasteiger partial charge in [0.2, 0.25) is 11.8 Å². The largest absolute Gasteiger partial charge is 0.492 e. The molecule has 0 saturated carbocycles. The number of piperazine rings is 1. The van der Waals surface area contributed by atoms with E-state index in [4.69, 9.17) is 4.74 Å². The monoisotopic (exact) mass is 520 g/mol. The van der Waals surface area contributed by atoms with Gasteiger partial charge < -0.3 is 15.0 Å². The molecule has 2 amide bonds. The highest BCUT2D eigenvalue weighted by atomic mass is 35.5. The van der Waals surface area contributed by atoms with Crippen molar-refractivity contribution in [3.05, 3.63) is 59.5 Å². The highest BCUT2D eigenvalue weighted by Gasteiger charge is 2.34. The van der Waals surface area contributed by atoms with Crippen LogP contribution in [0.25, 0.3) is 10.9 Å². The molecular weight excluding hydrogens is 492 g/mol. The van der Waals surface area contributed by atoms with Crippen molar-refractivity contribution in [2.24, 2.45) is 0 Å². The summed E-state index contributed by atoms with van der Waals surface area (Å²) in [5, 5.41) is 12.9. The Bertz CT molecular complexity index is 1350. The second-order valence-corrected chi connectivity index (χ2v) is 9.09. The molecule has 0 bridgehead atoms. The molecule has 0 spiro atoms. The van der Waals surface area contributed by atoms with Crippen molar-refractivity contribution in [1.82, 2.24) is 19.8 Å². The SMILES string of the molecule is CCCC(=O)N1CCN(CCOc2ccc3c(C4C(=O)Nc5ccc(C#N)cc54)ncnc3c2)CC1.Cl. The van der Waals surface area contributed by atoms with E-state index in [9.17, 15) is 14.9 Å². The summed E-state index contributed by atoms with van der Waals surface area (Å²) in [5.74, 6) is 0.173. The van der Waals surface area contributed by atoms with E-state index in [-0.39, 0.29) is 24.2 Å². The van der Waals surface area contributed by atoms with Gasteiger partial charge in [0.25, 0.3) is 0 Å². The van der Waals surface area contributed by atoms with E-state index in [1.807, 2.05) is 30.0 Å². The van der Waals surface area contributed by atoms with Crippen LogP contribution in [0, 0.1) is 11.3 Å². The highest BCUT2D eigenvalue weighted by Crippen LogP contribution is 2.39. The molecule has 2 aliphatic heterocycles. The normalized spacial score (nSPS) is 17.0. The maximum atomic E-state index is 12.8. The molecule has 1 aromatic heterocycles. The van der Waals surface area contributed by atoms with Gasteiger partial charge in [-0.05, 0) is 42.3 Å². The number of halogens is 1. The Hall–Kier alpha value is -3.74. The zero-order valence-corrected chi connectivity index (χ0v) is 21.5. The Morgan fingerprint density at radius 2 is 1.97 bits per heavy atom. The number of carbonyl (C=O) groups is 2. The lowest BCUT2D eigenvalue weighted by Crippen LogP contribution is -2.49. The van der Waals surface area contributed by atoms with Crippen LogP contribution in [0.1, 0.15) is 42.5 Å². The van der Waals surface area contributed by atoms with Crippen molar-refractivity contribution in [1.29, 1.82) is 5.26 Å². The van der Waals surface area contributed by atoms with Crippen LogP contribution >= 0.6 is 12.4 Å². The third-order valence-electron chi connectivity index (χ3n) is 6.79. The first-order chi connectivity index (χ1) is 17.6. The molecule has 1 unspecified atom stereocenters. The van der Waals surface area contributed by atoms with Gasteiger partial charge in [-0.3, -0.25) is 14.5 Å². The average molecular weight is 521 g/mol. The van der Waals surface area contributed by atoms with Gasteiger partial charge in [0.1, 0.15) is 24.6 Å².